The number of urea groups is 1. The molecule has 2 unspecified atom stereocenters. The highest BCUT2D eigenvalue weighted by Gasteiger charge is 2.31. The van der Waals surface area contributed by atoms with E-state index in [0.29, 0.717) is 36.2 Å². The zero-order valence-electron chi connectivity index (χ0n) is 16.5. The average Bonchev–Trinajstić information content (AvgIpc) is 2.70. The van der Waals surface area contributed by atoms with Gasteiger partial charge < -0.3 is 14.4 Å². The second kappa shape index (κ2) is 9.88. The Labute approximate surface area is 161 Å². The summed E-state index contributed by atoms with van der Waals surface area (Å²) in [6, 6.07) is 3.37. The number of rotatable bonds is 6. The number of anilines is 1. The summed E-state index contributed by atoms with van der Waals surface area (Å²) in [5.41, 5.74) is 0. The SMILES string of the molecule is CC(C)CCOc1ccc(NC(=O)N2CCCC(C3CCCCO3)C2)nn1. The van der Waals surface area contributed by atoms with Crippen molar-refractivity contribution in [2.24, 2.45) is 11.8 Å². The van der Waals surface area contributed by atoms with Crippen LogP contribution in [-0.4, -0.2) is 53.5 Å². The first-order valence-electron chi connectivity index (χ1n) is 10.3. The zero-order chi connectivity index (χ0) is 19.1. The van der Waals surface area contributed by atoms with Crippen LogP contribution in [0.15, 0.2) is 12.1 Å². The third-order valence-corrected chi connectivity index (χ3v) is 5.31. The lowest BCUT2D eigenvalue weighted by Crippen LogP contribution is -2.46. The van der Waals surface area contributed by atoms with E-state index < -0.39 is 0 Å². The number of aromatic nitrogens is 2. The van der Waals surface area contributed by atoms with E-state index in [4.69, 9.17) is 9.47 Å². The standard InChI is InChI=1S/C20H32N4O3/c1-15(2)10-13-27-19-9-8-18(22-23-19)21-20(25)24-11-5-6-16(14-24)17-7-3-4-12-26-17/h8-9,15-17H,3-7,10-14H2,1-2H3,(H,21,22,25). The van der Waals surface area contributed by atoms with Crippen molar-refractivity contribution in [1.82, 2.24) is 15.1 Å². The van der Waals surface area contributed by atoms with Crippen molar-refractivity contribution in [2.75, 3.05) is 31.6 Å². The van der Waals surface area contributed by atoms with E-state index in [1.165, 1.54) is 6.42 Å². The maximum Gasteiger partial charge on any atom is 0.323 e. The fraction of sp³-hybridized carbons (Fsp3) is 0.750. The largest absolute Gasteiger partial charge is 0.477 e. The van der Waals surface area contributed by atoms with Crippen LogP contribution in [0.4, 0.5) is 10.6 Å². The van der Waals surface area contributed by atoms with Gasteiger partial charge in [0.2, 0.25) is 5.88 Å². The molecule has 2 atom stereocenters. The number of nitrogens with one attached hydrogen (secondary N) is 1. The lowest BCUT2D eigenvalue weighted by molar-refractivity contribution is -0.0360. The van der Waals surface area contributed by atoms with Crippen LogP contribution in [0.2, 0.25) is 0 Å². The molecule has 7 nitrogen and oxygen atoms in total. The predicted molar refractivity (Wildman–Crippen MR) is 104 cm³/mol. The van der Waals surface area contributed by atoms with Gasteiger partial charge in [-0.2, -0.15) is 0 Å². The molecule has 27 heavy (non-hydrogen) atoms. The van der Waals surface area contributed by atoms with E-state index in [-0.39, 0.29) is 6.03 Å². The molecule has 2 amide bonds. The lowest BCUT2D eigenvalue weighted by Gasteiger charge is -2.38. The molecule has 1 aromatic heterocycles. The summed E-state index contributed by atoms with van der Waals surface area (Å²) >= 11 is 0. The Morgan fingerprint density at radius 2 is 2.19 bits per heavy atom. The fourth-order valence-electron chi connectivity index (χ4n) is 3.69. The van der Waals surface area contributed by atoms with Crippen LogP contribution in [0.5, 0.6) is 5.88 Å². The Morgan fingerprint density at radius 3 is 2.89 bits per heavy atom. The highest BCUT2D eigenvalue weighted by atomic mass is 16.5. The number of hydrogen-bond donors (Lipinski definition) is 1. The molecule has 7 heteroatoms. The Balaban J connectivity index is 1.47. The van der Waals surface area contributed by atoms with Crippen LogP contribution in [0.3, 0.4) is 0 Å². The molecule has 2 aliphatic heterocycles. The number of nitrogens with zero attached hydrogens (tertiary/aromatic N) is 3. The number of carbonyl (C=O) groups is 1. The van der Waals surface area contributed by atoms with Gasteiger partial charge in [-0.3, -0.25) is 5.32 Å². The van der Waals surface area contributed by atoms with Gasteiger partial charge in [0.1, 0.15) is 0 Å². The number of likely N-dealkylation sites (tertiary alicyclic amines) is 1. The first kappa shape index (κ1) is 19.9. The summed E-state index contributed by atoms with van der Waals surface area (Å²) in [6.07, 6.45) is 6.93. The van der Waals surface area contributed by atoms with Gasteiger partial charge in [0, 0.05) is 31.7 Å². The van der Waals surface area contributed by atoms with Crippen LogP contribution in [0.1, 0.15) is 52.4 Å². The molecule has 0 aliphatic carbocycles. The minimum atomic E-state index is -0.113. The summed E-state index contributed by atoms with van der Waals surface area (Å²) in [5, 5.41) is 11.0. The van der Waals surface area contributed by atoms with Crippen molar-refractivity contribution in [3.63, 3.8) is 0 Å². The fourth-order valence-corrected chi connectivity index (χ4v) is 3.69. The summed E-state index contributed by atoms with van der Waals surface area (Å²) in [5.74, 6) is 1.96. The van der Waals surface area contributed by atoms with Crippen LogP contribution >= 0.6 is 0 Å². The molecule has 2 aliphatic rings. The molecule has 0 spiro atoms. The maximum atomic E-state index is 12.6. The molecule has 0 saturated carbocycles. The minimum absolute atomic E-state index is 0.113. The maximum absolute atomic E-state index is 12.6. The molecule has 0 bridgehead atoms. The van der Waals surface area contributed by atoms with Gasteiger partial charge in [0.25, 0.3) is 0 Å². The van der Waals surface area contributed by atoms with Crippen molar-refractivity contribution >= 4 is 11.8 Å². The Hall–Kier alpha value is -1.89. The van der Waals surface area contributed by atoms with Crippen molar-refractivity contribution in [3.05, 3.63) is 12.1 Å². The lowest BCUT2D eigenvalue weighted by atomic mass is 9.88. The number of carbonyl (C=O) groups excluding carboxylic acids is 1. The Kier molecular flexibility index (Phi) is 7.26. The topological polar surface area (TPSA) is 76.6 Å². The third-order valence-electron chi connectivity index (χ3n) is 5.31. The first-order chi connectivity index (χ1) is 13.1. The van der Waals surface area contributed by atoms with Gasteiger partial charge in [0.15, 0.2) is 5.82 Å². The molecule has 1 N–H and O–H groups in total. The van der Waals surface area contributed by atoms with Gasteiger partial charge in [-0.15, -0.1) is 10.2 Å². The molecule has 1 aromatic rings. The minimum Gasteiger partial charge on any atom is -0.477 e. The van der Waals surface area contributed by atoms with E-state index in [1.807, 2.05) is 4.90 Å². The summed E-state index contributed by atoms with van der Waals surface area (Å²) in [7, 11) is 0. The molecule has 150 valence electrons. The molecular formula is C20H32N4O3. The highest BCUT2D eigenvalue weighted by Crippen LogP contribution is 2.27. The van der Waals surface area contributed by atoms with E-state index in [9.17, 15) is 4.79 Å². The quantitative estimate of drug-likeness (QED) is 0.819. The predicted octanol–water partition coefficient (Wildman–Crippen LogP) is 3.71. The van der Waals surface area contributed by atoms with E-state index in [1.54, 1.807) is 12.1 Å². The monoisotopic (exact) mass is 376 g/mol. The van der Waals surface area contributed by atoms with Crippen LogP contribution in [-0.2, 0) is 4.74 Å². The van der Waals surface area contributed by atoms with E-state index >= 15 is 0 Å². The van der Waals surface area contributed by atoms with Crippen LogP contribution < -0.4 is 10.1 Å². The highest BCUT2D eigenvalue weighted by molar-refractivity contribution is 5.88. The van der Waals surface area contributed by atoms with Crippen molar-refractivity contribution < 1.29 is 14.3 Å². The average molecular weight is 377 g/mol. The third kappa shape index (κ3) is 6.06. The normalized spacial score (nSPS) is 23.3. The summed E-state index contributed by atoms with van der Waals surface area (Å²) in [4.78, 5) is 14.5. The second-order valence-corrected chi connectivity index (χ2v) is 7.97. The number of hydrogen-bond acceptors (Lipinski definition) is 5. The molecule has 2 saturated heterocycles. The Morgan fingerprint density at radius 1 is 1.30 bits per heavy atom. The van der Waals surface area contributed by atoms with Gasteiger partial charge in [-0.1, -0.05) is 13.8 Å². The molecule has 3 rings (SSSR count). The first-order valence-corrected chi connectivity index (χ1v) is 10.3. The van der Waals surface area contributed by atoms with Gasteiger partial charge >= 0.3 is 6.03 Å². The van der Waals surface area contributed by atoms with Crippen molar-refractivity contribution in [2.45, 2.75) is 58.5 Å². The second-order valence-electron chi connectivity index (χ2n) is 7.97. The summed E-state index contributed by atoms with van der Waals surface area (Å²) in [6.45, 7) is 7.31. The van der Waals surface area contributed by atoms with Crippen molar-refractivity contribution in [3.8, 4) is 5.88 Å². The van der Waals surface area contributed by atoms with Gasteiger partial charge in [0.05, 0.1) is 12.7 Å². The van der Waals surface area contributed by atoms with E-state index in [2.05, 4.69) is 29.4 Å². The number of amides is 2. The molecule has 2 fully saturated rings. The zero-order valence-corrected chi connectivity index (χ0v) is 16.5. The van der Waals surface area contributed by atoms with E-state index in [0.717, 1.165) is 51.8 Å². The molecule has 0 radical (unpaired) electrons. The Bertz CT molecular complexity index is 587. The van der Waals surface area contributed by atoms with Crippen LogP contribution in [0.25, 0.3) is 0 Å². The van der Waals surface area contributed by atoms with Crippen LogP contribution in [0, 0.1) is 11.8 Å². The van der Waals surface area contributed by atoms with Gasteiger partial charge in [-0.25, -0.2) is 4.79 Å². The van der Waals surface area contributed by atoms with Gasteiger partial charge in [-0.05, 0) is 50.5 Å². The van der Waals surface area contributed by atoms with Crippen molar-refractivity contribution in [1.29, 1.82) is 0 Å². The molecular weight excluding hydrogens is 344 g/mol. The molecule has 0 aromatic carbocycles. The summed E-state index contributed by atoms with van der Waals surface area (Å²) < 4.78 is 11.5. The number of piperidine rings is 1. The molecule has 3 heterocycles. The number of ether oxygens (including phenoxy) is 2. The smallest absolute Gasteiger partial charge is 0.323 e.